The molecule has 1 amide bonds. The average Bonchev–Trinajstić information content (AvgIpc) is 3.07. The Labute approximate surface area is 163 Å². The first-order chi connectivity index (χ1) is 13.0. The molecule has 0 aliphatic heterocycles. The number of nitrogens with zero attached hydrogens (tertiary/aromatic N) is 3. The summed E-state index contributed by atoms with van der Waals surface area (Å²) in [6.45, 7) is 6.45. The first-order valence-electron chi connectivity index (χ1n) is 8.68. The van der Waals surface area contributed by atoms with E-state index in [2.05, 4.69) is 26.3 Å². The first-order valence-corrected chi connectivity index (χ1v) is 9.09. The highest BCUT2D eigenvalue weighted by atomic mass is 32.1. The molecule has 0 saturated heterocycles. The van der Waals surface area contributed by atoms with E-state index in [1.54, 1.807) is 19.2 Å². The van der Waals surface area contributed by atoms with E-state index in [1.165, 1.54) is 0 Å². The fourth-order valence-electron chi connectivity index (χ4n) is 2.68. The summed E-state index contributed by atoms with van der Waals surface area (Å²) in [6, 6.07) is 11.9. The molecular weight excluding hydrogens is 360 g/mol. The molecule has 0 fully saturated rings. The van der Waals surface area contributed by atoms with Gasteiger partial charge in [0, 0.05) is 18.0 Å². The molecule has 3 rings (SSSR count). The van der Waals surface area contributed by atoms with Gasteiger partial charge in [0.15, 0.2) is 10.8 Å². The van der Waals surface area contributed by atoms with Crippen LogP contribution in [0, 0.1) is 6.92 Å². The zero-order chi connectivity index (χ0) is 19.4. The molecule has 1 aromatic carbocycles. The van der Waals surface area contributed by atoms with Crippen LogP contribution in [0.2, 0.25) is 0 Å². The molecule has 0 radical (unpaired) electrons. The number of hydrogen-bond donors (Lipinski definition) is 3. The SMILES string of the molecule is Cc1nc2c(cnn2C(C)C)cc1C(=O)NNC(=S)NCc1ccccc1. The first kappa shape index (κ1) is 18.8. The van der Waals surface area contributed by atoms with Gasteiger partial charge in [0.05, 0.1) is 17.5 Å². The molecule has 0 atom stereocenters. The number of benzene rings is 1. The fourth-order valence-corrected chi connectivity index (χ4v) is 2.80. The lowest BCUT2D eigenvalue weighted by Crippen LogP contribution is -2.46. The van der Waals surface area contributed by atoms with Gasteiger partial charge in [-0.1, -0.05) is 30.3 Å². The van der Waals surface area contributed by atoms with Gasteiger partial charge in [-0.25, -0.2) is 9.67 Å². The number of thiocarbonyl (C=S) groups is 1. The number of nitrogens with one attached hydrogen (secondary N) is 3. The maximum atomic E-state index is 12.5. The Balaban J connectivity index is 1.62. The van der Waals surface area contributed by atoms with Crippen LogP contribution < -0.4 is 16.2 Å². The van der Waals surface area contributed by atoms with Crippen molar-refractivity contribution in [1.82, 2.24) is 30.9 Å². The molecule has 0 unspecified atom stereocenters. The lowest BCUT2D eigenvalue weighted by Gasteiger charge is -2.13. The lowest BCUT2D eigenvalue weighted by atomic mass is 10.1. The maximum absolute atomic E-state index is 12.5. The molecule has 0 saturated carbocycles. The van der Waals surface area contributed by atoms with E-state index < -0.39 is 0 Å². The van der Waals surface area contributed by atoms with E-state index in [1.807, 2.05) is 48.9 Å². The topological polar surface area (TPSA) is 83.9 Å². The largest absolute Gasteiger partial charge is 0.357 e. The number of hydrazine groups is 1. The minimum atomic E-state index is -0.303. The number of fused-ring (bicyclic) bond motifs is 1. The third-order valence-electron chi connectivity index (χ3n) is 4.08. The van der Waals surface area contributed by atoms with Crippen molar-refractivity contribution in [2.24, 2.45) is 0 Å². The summed E-state index contributed by atoms with van der Waals surface area (Å²) in [4.78, 5) is 17.0. The Hall–Kier alpha value is -3.00. The van der Waals surface area contributed by atoms with Crippen LogP contribution in [-0.4, -0.2) is 25.8 Å². The molecule has 7 nitrogen and oxygen atoms in total. The average molecular weight is 382 g/mol. The summed E-state index contributed by atoms with van der Waals surface area (Å²) in [5.74, 6) is -0.303. The highest BCUT2D eigenvalue weighted by molar-refractivity contribution is 7.80. The van der Waals surface area contributed by atoms with Crippen molar-refractivity contribution in [2.45, 2.75) is 33.4 Å². The van der Waals surface area contributed by atoms with Gasteiger partial charge in [-0.15, -0.1) is 0 Å². The number of hydrogen-bond acceptors (Lipinski definition) is 4. The summed E-state index contributed by atoms with van der Waals surface area (Å²) in [5, 5.41) is 8.54. The molecule has 27 heavy (non-hydrogen) atoms. The minimum absolute atomic E-state index is 0.198. The summed E-state index contributed by atoms with van der Waals surface area (Å²) >= 11 is 5.20. The van der Waals surface area contributed by atoms with E-state index in [4.69, 9.17) is 12.2 Å². The molecule has 0 aliphatic rings. The van der Waals surface area contributed by atoms with Gasteiger partial charge in [0.25, 0.3) is 5.91 Å². The van der Waals surface area contributed by atoms with Gasteiger partial charge in [0.1, 0.15) is 0 Å². The number of amides is 1. The monoisotopic (exact) mass is 382 g/mol. The molecule has 2 aromatic heterocycles. The van der Waals surface area contributed by atoms with Crippen LogP contribution >= 0.6 is 12.2 Å². The smallest absolute Gasteiger partial charge is 0.271 e. The number of rotatable bonds is 4. The van der Waals surface area contributed by atoms with Crippen molar-refractivity contribution in [2.75, 3.05) is 0 Å². The maximum Gasteiger partial charge on any atom is 0.271 e. The Bertz CT molecular complexity index is 967. The van der Waals surface area contributed by atoms with Crippen LogP contribution in [0.3, 0.4) is 0 Å². The number of aromatic nitrogens is 3. The molecule has 0 spiro atoms. The summed E-state index contributed by atoms with van der Waals surface area (Å²) in [5.41, 5.74) is 8.31. The zero-order valence-corrected chi connectivity index (χ0v) is 16.3. The normalized spacial score (nSPS) is 10.8. The van der Waals surface area contributed by atoms with E-state index >= 15 is 0 Å². The number of carbonyl (C=O) groups is 1. The van der Waals surface area contributed by atoms with Crippen molar-refractivity contribution in [3.63, 3.8) is 0 Å². The Morgan fingerprint density at radius 3 is 2.67 bits per heavy atom. The Morgan fingerprint density at radius 1 is 1.22 bits per heavy atom. The van der Waals surface area contributed by atoms with Crippen molar-refractivity contribution >= 4 is 34.3 Å². The number of pyridine rings is 1. The van der Waals surface area contributed by atoms with Crippen molar-refractivity contribution in [3.8, 4) is 0 Å². The number of aryl methyl sites for hydroxylation is 1. The van der Waals surface area contributed by atoms with E-state index in [9.17, 15) is 4.79 Å². The van der Waals surface area contributed by atoms with E-state index in [0.29, 0.717) is 22.9 Å². The van der Waals surface area contributed by atoms with Gasteiger partial charge < -0.3 is 5.32 Å². The Kier molecular flexibility index (Phi) is 5.66. The van der Waals surface area contributed by atoms with Crippen LogP contribution in [0.4, 0.5) is 0 Å². The van der Waals surface area contributed by atoms with Crippen molar-refractivity contribution in [1.29, 1.82) is 0 Å². The minimum Gasteiger partial charge on any atom is -0.357 e. The third kappa shape index (κ3) is 4.40. The number of carbonyl (C=O) groups excluding carboxylic acids is 1. The van der Waals surface area contributed by atoms with Gasteiger partial charge in [-0.05, 0) is 44.6 Å². The quantitative estimate of drug-likeness (QED) is 0.475. The van der Waals surface area contributed by atoms with Crippen LogP contribution in [0.1, 0.15) is 41.5 Å². The highest BCUT2D eigenvalue weighted by Gasteiger charge is 2.15. The molecule has 3 aromatic rings. The zero-order valence-electron chi connectivity index (χ0n) is 15.5. The highest BCUT2D eigenvalue weighted by Crippen LogP contribution is 2.19. The molecule has 2 heterocycles. The van der Waals surface area contributed by atoms with Gasteiger partial charge in [-0.2, -0.15) is 5.10 Å². The second-order valence-electron chi connectivity index (χ2n) is 6.46. The van der Waals surface area contributed by atoms with Crippen LogP contribution in [0.25, 0.3) is 11.0 Å². The molecule has 3 N–H and O–H groups in total. The molecule has 8 heteroatoms. The molecule has 0 bridgehead atoms. The standard InChI is InChI=1S/C19H22N6OS/c1-12(2)25-17-15(11-21-25)9-16(13(3)22-17)18(26)23-24-19(27)20-10-14-7-5-4-6-8-14/h4-9,11-12H,10H2,1-3H3,(H,23,26)(H2,20,24,27). The van der Waals surface area contributed by atoms with E-state index in [-0.39, 0.29) is 11.9 Å². The Morgan fingerprint density at radius 2 is 1.96 bits per heavy atom. The van der Waals surface area contributed by atoms with Crippen molar-refractivity contribution in [3.05, 3.63) is 59.4 Å². The fraction of sp³-hybridized carbons (Fsp3) is 0.263. The summed E-state index contributed by atoms with van der Waals surface area (Å²) < 4.78 is 1.84. The van der Waals surface area contributed by atoms with Crippen molar-refractivity contribution < 1.29 is 4.79 Å². The third-order valence-corrected chi connectivity index (χ3v) is 4.33. The van der Waals surface area contributed by atoms with Crippen LogP contribution in [0.15, 0.2) is 42.6 Å². The van der Waals surface area contributed by atoms with Crippen LogP contribution in [-0.2, 0) is 6.54 Å². The molecule has 140 valence electrons. The molecule has 0 aliphatic carbocycles. The predicted octanol–water partition coefficient (Wildman–Crippen LogP) is 2.63. The lowest BCUT2D eigenvalue weighted by molar-refractivity contribution is 0.0943. The van der Waals surface area contributed by atoms with Gasteiger partial charge >= 0.3 is 0 Å². The van der Waals surface area contributed by atoms with Gasteiger partial charge in [-0.3, -0.25) is 15.6 Å². The van der Waals surface area contributed by atoms with Crippen LogP contribution in [0.5, 0.6) is 0 Å². The predicted molar refractivity (Wildman–Crippen MR) is 109 cm³/mol. The van der Waals surface area contributed by atoms with E-state index in [0.717, 1.165) is 16.6 Å². The second kappa shape index (κ2) is 8.13. The van der Waals surface area contributed by atoms with Gasteiger partial charge in [0.2, 0.25) is 0 Å². The summed E-state index contributed by atoms with van der Waals surface area (Å²) in [6.07, 6.45) is 1.72. The second-order valence-corrected chi connectivity index (χ2v) is 6.87. The summed E-state index contributed by atoms with van der Waals surface area (Å²) in [7, 11) is 0. The molecular formula is C19H22N6OS.